The minimum Gasteiger partial charge on any atom is -0.497 e. The molecule has 0 saturated heterocycles. The molecule has 0 bridgehead atoms. The summed E-state index contributed by atoms with van der Waals surface area (Å²) in [6, 6.07) is 30.1. The fourth-order valence-electron chi connectivity index (χ4n) is 7.24. The van der Waals surface area contributed by atoms with Gasteiger partial charge in [-0.3, -0.25) is 14.4 Å². The number of aliphatic hydroxyl groups excluding tert-OH is 1. The summed E-state index contributed by atoms with van der Waals surface area (Å²) >= 11 is 0. The molecule has 1 aromatic heterocycles. The van der Waals surface area contributed by atoms with Crippen molar-refractivity contribution in [1.29, 1.82) is 0 Å². The average molecular weight is 799 g/mol. The molecule has 0 fully saturated rings. The van der Waals surface area contributed by atoms with E-state index < -0.39 is 59.6 Å². The van der Waals surface area contributed by atoms with E-state index in [1.165, 1.54) is 18.1 Å². The summed E-state index contributed by atoms with van der Waals surface area (Å²) in [7, 11) is 1.53. The van der Waals surface area contributed by atoms with Crippen LogP contribution in [0.4, 0.5) is 5.69 Å². The second-order valence-corrected chi connectivity index (χ2v) is 13.9. The van der Waals surface area contributed by atoms with E-state index in [2.05, 4.69) is 5.32 Å². The van der Waals surface area contributed by atoms with Gasteiger partial charge in [0.15, 0.2) is 0 Å². The lowest BCUT2D eigenvalue weighted by Crippen LogP contribution is -2.58. The molecule has 3 atom stereocenters. The summed E-state index contributed by atoms with van der Waals surface area (Å²) in [5, 5.41) is 14.7. The molecule has 2 N–H and O–H groups in total. The summed E-state index contributed by atoms with van der Waals surface area (Å²) in [5.41, 5.74) is 0.425. The van der Waals surface area contributed by atoms with E-state index in [4.69, 9.17) is 23.4 Å². The zero-order valence-corrected chi connectivity index (χ0v) is 32.4. The first kappa shape index (κ1) is 40.2. The summed E-state index contributed by atoms with van der Waals surface area (Å²) < 4.78 is 28.4. The summed E-state index contributed by atoms with van der Waals surface area (Å²) in [4.78, 5) is 71.5. The van der Waals surface area contributed by atoms with Gasteiger partial charge >= 0.3 is 17.6 Å². The van der Waals surface area contributed by atoms with E-state index >= 15 is 0 Å². The van der Waals surface area contributed by atoms with Crippen LogP contribution in [0.1, 0.15) is 57.7 Å². The van der Waals surface area contributed by atoms with Gasteiger partial charge in [0, 0.05) is 35.2 Å². The minimum absolute atomic E-state index is 0.0290. The maximum Gasteiger partial charge on any atom is 0.351 e. The van der Waals surface area contributed by atoms with Gasteiger partial charge in [-0.15, -0.1) is 0 Å². The smallest absolute Gasteiger partial charge is 0.351 e. The number of methoxy groups -OCH3 is 1. The number of fused-ring (bicyclic) bond motifs is 3. The lowest BCUT2D eigenvalue weighted by atomic mass is 9.85. The van der Waals surface area contributed by atoms with Crippen molar-refractivity contribution in [3.05, 3.63) is 148 Å². The molecule has 0 aliphatic carbocycles. The number of nitrogens with zero attached hydrogens (tertiary/aromatic N) is 1. The van der Waals surface area contributed by atoms with Crippen LogP contribution in [0.25, 0.3) is 21.7 Å². The second kappa shape index (κ2) is 18.1. The number of aliphatic hydroxyl groups is 1. The quantitative estimate of drug-likeness (QED) is 0.0718. The molecule has 2 heterocycles. The van der Waals surface area contributed by atoms with Crippen molar-refractivity contribution in [3.63, 3.8) is 0 Å². The minimum atomic E-state index is -1.48. The fraction of sp³-hybridized carbons (Fsp3) is 0.239. The van der Waals surface area contributed by atoms with Crippen LogP contribution in [0.15, 0.2) is 124 Å². The fourth-order valence-corrected chi connectivity index (χ4v) is 7.24. The number of hydrogen-bond acceptors (Lipinski definition) is 11. The topological polar surface area (TPSA) is 171 Å². The molecule has 13 nitrogen and oxygen atoms in total. The van der Waals surface area contributed by atoms with E-state index in [0.717, 1.165) is 10.8 Å². The Morgan fingerprint density at radius 2 is 1.56 bits per heavy atom. The number of carbonyl (C=O) groups excluding carboxylic acids is 4. The number of carbonyl (C=O) groups is 4. The maximum atomic E-state index is 14.7. The number of para-hydroxylation sites is 1. The Labute approximate surface area is 339 Å². The number of nitrogens with one attached hydrogen (secondary N) is 1. The Bertz CT molecular complexity index is 2570. The van der Waals surface area contributed by atoms with Gasteiger partial charge in [0.05, 0.1) is 45.2 Å². The number of anilines is 1. The zero-order chi connectivity index (χ0) is 41.5. The molecule has 13 heteroatoms. The Balaban J connectivity index is 1.38. The summed E-state index contributed by atoms with van der Waals surface area (Å²) in [6.45, 7) is 1.72. The van der Waals surface area contributed by atoms with Crippen LogP contribution in [0, 0.1) is 0 Å². The Morgan fingerprint density at radius 1 is 0.831 bits per heavy atom. The molecule has 1 aliphatic rings. The molecule has 2 amide bonds. The Kier molecular flexibility index (Phi) is 12.3. The molecule has 5 aromatic carbocycles. The van der Waals surface area contributed by atoms with Gasteiger partial charge in [-0.05, 0) is 77.9 Å². The average Bonchev–Trinajstić information content (AvgIpc) is 3.24. The van der Waals surface area contributed by atoms with Crippen LogP contribution in [-0.2, 0) is 25.5 Å². The van der Waals surface area contributed by atoms with E-state index in [-0.39, 0.29) is 31.8 Å². The van der Waals surface area contributed by atoms with E-state index in [1.807, 2.05) is 30.3 Å². The van der Waals surface area contributed by atoms with Crippen molar-refractivity contribution < 1.29 is 47.6 Å². The third-order valence-electron chi connectivity index (χ3n) is 10.1. The van der Waals surface area contributed by atoms with Gasteiger partial charge in [-0.1, -0.05) is 60.7 Å². The summed E-state index contributed by atoms with van der Waals surface area (Å²) in [5.74, 6) is -1.88. The third-order valence-corrected chi connectivity index (χ3v) is 10.1. The maximum absolute atomic E-state index is 14.7. The number of benzene rings is 5. The van der Waals surface area contributed by atoms with E-state index in [1.54, 1.807) is 85.8 Å². The van der Waals surface area contributed by atoms with Crippen LogP contribution in [-0.4, -0.2) is 67.9 Å². The SMILES string of the molecule is CCOC(=O)C[C@H]1[C@H](OC(=O)c2cc3ccccc3oc2=O)[C@@H](NC(=O)c2ccc3ccccc3c2)c2cc(OCCCO)ccc2N1C(=O)Cc1ccc(OC)cc1. The van der Waals surface area contributed by atoms with Crippen molar-refractivity contribution >= 4 is 51.2 Å². The molecule has 59 heavy (non-hydrogen) atoms. The lowest BCUT2D eigenvalue weighted by Gasteiger charge is -2.45. The van der Waals surface area contributed by atoms with Gasteiger partial charge in [0.25, 0.3) is 5.91 Å². The monoisotopic (exact) mass is 798 g/mol. The normalized spacial score (nSPS) is 15.9. The molecule has 0 saturated carbocycles. The first-order valence-electron chi connectivity index (χ1n) is 19.2. The largest absolute Gasteiger partial charge is 0.497 e. The highest BCUT2D eigenvalue weighted by molar-refractivity contribution is 6.01. The predicted molar refractivity (Wildman–Crippen MR) is 219 cm³/mol. The van der Waals surface area contributed by atoms with Gasteiger partial charge in [-0.2, -0.15) is 0 Å². The molecule has 0 spiro atoms. The van der Waals surface area contributed by atoms with Crippen LogP contribution in [0.5, 0.6) is 11.5 Å². The van der Waals surface area contributed by atoms with Gasteiger partial charge in [0.2, 0.25) is 5.91 Å². The van der Waals surface area contributed by atoms with Crippen LogP contribution in [0.2, 0.25) is 0 Å². The molecule has 0 radical (unpaired) electrons. The number of hydrogen-bond donors (Lipinski definition) is 2. The molecule has 6 aromatic rings. The third kappa shape index (κ3) is 8.95. The number of ether oxygens (including phenoxy) is 4. The molecule has 302 valence electrons. The molecule has 7 rings (SSSR count). The standard InChI is InChI=1S/C46H42N2O11/c1-3-56-41(51)27-38-43(59-46(54)36-25-31-11-6-7-12-39(31)58-45(36)53)42(47-44(52)32-16-15-29-9-4-5-10-30(29)24-32)35-26-34(57-22-8-21-49)19-20-37(35)48(38)40(50)23-28-13-17-33(55-2)18-14-28/h4-7,9-20,24-26,38,42-43,49H,3,8,21-23,27H2,1-2H3,(H,47,52)/t38-,42-,43-/m0/s1. The zero-order valence-electron chi connectivity index (χ0n) is 32.4. The molecular weight excluding hydrogens is 757 g/mol. The first-order valence-corrected chi connectivity index (χ1v) is 19.2. The predicted octanol–water partition coefficient (Wildman–Crippen LogP) is 6.32. The number of rotatable bonds is 14. The highest BCUT2D eigenvalue weighted by atomic mass is 16.6. The highest BCUT2D eigenvalue weighted by Crippen LogP contribution is 2.43. The van der Waals surface area contributed by atoms with E-state index in [0.29, 0.717) is 45.7 Å². The van der Waals surface area contributed by atoms with Gasteiger partial charge in [0.1, 0.15) is 28.7 Å². The van der Waals surface area contributed by atoms with Crippen molar-refractivity contribution in [2.45, 2.75) is 44.4 Å². The molecular formula is C46H42N2O11. The van der Waals surface area contributed by atoms with Crippen LogP contribution < -0.4 is 25.3 Å². The van der Waals surface area contributed by atoms with Gasteiger partial charge in [-0.25, -0.2) is 9.59 Å². The van der Waals surface area contributed by atoms with Crippen molar-refractivity contribution in [2.75, 3.05) is 31.8 Å². The lowest BCUT2D eigenvalue weighted by molar-refractivity contribution is -0.144. The van der Waals surface area contributed by atoms with Crippen molar-refractivity contribution in [2.24, 2.45) is 0 Å². The molecule has 1 aliphatic heterocycles. The molecule has 0 unspecified atom stereocenters. The number of amides is 2. The van der Waals surface area contributed by atoms with Crippen molar-refractivity contribution in [1.82, 2.24) is 5.32 Å². The van der Waals surface area contributed by atoms with Crippen molar-refractivity contribution in [3.8, 4) is 11.5 Å². The van der Waals surface area contributed by atoms with E-state index in [9.17, 15) is 29.1 Å². The first-order chi connectivity index (χ1) is 28.7. The van der Waals surface area contributed by atoms with Gasteiger partial charge < -0.3 is 38.7 Å². The van der Waals surface area contributed by atoms with Crippen LogP contribution in [0.3, 0.4) is 0 Å². The Morgan fingerprint density at radius 3 is 2.31 bits per heavy atom. The highest BCUT2D eigenvalue weighted by Gasteiger charge is 2.48. The Hall–Kier alpha value is -6.99. The summed E-state index contributed by atoms with van der Waals surface area (Å²) in [6.07, 6.45) is -1.74. The number of esters is 2. The second-order valence-electron chi connectivity index (χ2n) is 13.9. The van der Waals surface area contributed by atoms with Crippen LogP contribution >= 0.6 is 0 Å².